The minimum absolute atomic E-state index is 0.0896. The third-order valence-corrected chi connectivity index (χ3v) is 5.37. The van der Waals surface area contributed by atoms with E-state index in [1.165, 1.54) is 12.1 Å². The summed E-state index contributed by atoms with van der Waals surface area (Å²) in [5.41, 5.74) is 2.11. The molecule has 0 atom stereocenters. The van der Waals surface area contributed by atoms with Crippen LogP contribution in [-0.4, -0.2) is 54.6 Å². The topological polar surface area (TPSA) is 52.9 Å². The van der Waals surface area contributed by atoms with Gasteiger partial charge in [0.15, 0.2) is 0 Å². The number of thiophene rings is 1. The summed E-state index contributed by atoms with van der Waals surface area (Å²) in [4.78, 5) is 2.01. The van der Waals surface area contributed by atoms with Crippen LogP contribution in [0.25, 0.3) is 21.2 Å². The molecule has 2 aromatic carbocycles. The number of aliphatic hydroxyl groups is 2. The van der Waals surface area contributed by atoms with Gasteiger partial charge in [-0.3, -0.25) is 4.90 Å². The van der Waals surface area contributed by atoms with Crippen LogP contribution < -0.4 is 4.74 Å². The molecule has 0 spiro atoms. The molecule has 3 rings (SSSR count). The van der Waals surface area contributed by atoms with Gasteiger partial charge in [-0.05, 0) is 47.7 Å². The Kier molecular flexibility index (Phi) is 7.18. The number of aliphatic hydroxyl groups excluding tert-OH is 2. The summed E-state index contributed by atoms with van der Waals surface area (Å²) < 4.78 is 20.1. The molecule has 0 aliphatic rings. The summed E-state index contributed by atoms with van der Waals surface area (Å²) in [6.45, 7) is 2.66. The molecular weight excluding hydrogens is 365 g/mol. The molecule has 3 aromatic rings. The molecule has 0 unspecified atom stereocenters. The van der Waals surface area contributed by atoms with Gasteiger partial charge in [0.1, 0.15) is 11.6 Å². The highest BCUT2D eigenvalue weighted by atomic mass is 32.1. The first-order valence-corrected chi connectivity index (χ1v) is 9.93. The minimum atomic E-state index is -0.231. The van der Waals surface area contributed by atoms with Gasteiger partial charge in [-0.2, -0.15) is 0 Å². The van der Waals surface area contributed by atoms with Crippen LogP contribution in [0.3, 0.4) is 0 Å². The van der Waals surface area contributed by atoms with Crippen LogP contribution in [0.2, 0.25) is 0 Å². The smallest absolute Gasteiger partial charge is 0.123 e. The Labute approximate surface area is 162 Å². The van der Waals surface area contributed by atoms with Gasteiger partial charge in [0, 0.05) is 35.3 Å². The van der Waals surface area contributed by atoms with Crippen molar-refractivity contribution in [3.63, 3.8) is 0 Å². The van der Waals surface area contributed by atoms with Gasteiger partial charge in [0.05, 0.1) is 19.8 Å². The fourth-order valence-corrected chi connectivity index (χ4v) is 4.04. The van der Waals surface area contributed by atoms with Gasteiger partial charge in [0.2, 0.25) is 0 Å². The fraction of sp³-hybridized carbons (Fsp3) is 0.333. The highest BCUT2D eigenvalue weighted by Gasteiger charge is 2.08. The Morgan fingerprint density at radius 3 is 2.41 bits per heavy atom. The van der Waals surface area contributed by atoms with Gasteiger partial charge < -0.3 is 14.9 Å². The number of fused-ring (bicyclic) bond motifs is 1. The van der Waals surface area contributed by atoms with Crippen molar-refractivity contribution >= 4 is 21.4 Å². The molecule has 0 saturated heterocycles. The predicted molar refractivity (Wildman–Crippen MR) is 108 cm³/mol. The maximum atomic E-state index is 13.1. The molecular formula is C21H24FNO3S. The lowest BCUT2D eigenvalue weighted by molar-refractivity contribution is 0.153. The summed E-state index contributed by atoms with van der Waals surface area (Å²) in [7, 11) is 0. The van der Waals surface area contributed by atoms with Gasteiger partial charge in [-0.25, -0.2) is 4.39 Å². The van der Waals surface area contributed by atoms with Crippen molar-refractivity contribution in [3.05, 3.63) is 53.7 Å². The first-order chi connectivity index (χ1) is 13.2. The molecule has 27 heavy (non-hydrogen) atoms. The molecule has 1 aromatic heterocycles. The number of halogens is 1. The number of hydrogen-bond donors (Lipinski definition) is 2. The lowest BCUT2D eigenvalue weighted by Crippen LogP contribution is -2.31. The van der Waals surface area contributed by atoms with Crippen molar-refractivity contribution in [3.8, 4) is 16.9 Å². The number of rotatable bonds is 10. The van der Waals surface area contributed by atoms with E-state index in [0.29, 0.717) is 19.7 Å². The number of ether oxygens (including phenoxy) is 1. The normalized spacial score (nSPS) is 11.4. The fourth-order valence-electron chi connectivity index (χ4n) is 3.05. The van der Waals surface area contributed by atoms with Crippen molar-refractivity contribution in [2.45, 2.75) is 6.42 Å². The Morgan fingerprint density at radius 2 is 1.70 bits per heavy atom. The van der Waals surface area contributed by atoms with E-state index in [0.717, 1.165) is 39.9 Å². The molecule has 0 aliphatic carbocycles. The summed E-state index contributed by atoms with van der Waals surface area (Å²) in [6.07, 6.45) is 0.823. The van der Waals surface area contributed by atoms with Gasteiger partial charge >= 0.3 is 0 Å². The maximum absolute atomic E-state index is 13.1. The molecule has 0 bridgehead atoms. The van der Waals surface area contributed by atoms with Gasteiger partial charge in [0.25, 0.3) is 0 Å². The van der Waals surface area contributed by atoms with E-state index in [1.54, 1.807) is 23.5 Å². The van der Waals surface area contributed by atoms with E-state index >= 15 is 0 Å². The van der Waals surface area contributed by atoms with Crippen LogP contribution in [0.4, 0.5) is 4.39 Å². The standard InChI is InChI=1S/C21H24FNO3S/c22-17-4-2-16(3-5-17)20-15-27-21-14-18(6-7-19(20)21)26-13-1-8-23(9-11-24)10-12-25/h2-7,14-15,24-25H,1,8-13H2. The van der Waals surface area contributed by atoms with Gasteiger partial charge in [-0.1, -0.05) is 12.1 Å². The molecule has 0 fully saturated rings. The zero-order valence-electron chi connectivity index (χ0n) is 15.1. The first kappa shape index (κ1) is 19.8. The molecule has 0 aliphatic heterocycles. The second kappa shape index (κ2) is 9.80. The maximum Gasteiger partial charge on any atom is 0.123 e. The van der Waals surface area contributed by atoms with Crippen LogP contribution >= 0.6 is 11.3 Å². The Morgan fingerprint density at radius 1 is 0.963 bits per heavy atom. The van der Waals surface area contributed by atoms with Crippen molar-refractivity contribution in [2.75, 3.05) is 39.5 Å². The summed E-state index contributed by atoms with van der Waals surface area (Å²) in [5, 5.41) is 21.3. The highest BCUT2D eigenvalue weighted by molar-refractivity contribution is 7.17. The van der Waals surface area contributed by atoms with Crippen molar-refractivity contribution < 1.29 is 19.3 Å². The average Bonchev–Trinajstić information content (AvgIpc) is 3.09. The van der Waals surface area contributed by atoms with Gasteiger partial charge in [-0.15, -0.1) is 11.3 Å². The molecule has 2 N–H and O–H groups in total. The number of hydrogen-bond acceptors (Lipinski definition) is 5. The van der Waals surface area contributed by atoms with Crippen molar-refractivity contribution in [2.24, 2.45) is 0 Å². The Balaban J connectivity index is 1.60. The molecule has 0 amide bonds. The highest BCUT2D eigenvalue weighted by Crippen LogP contribution is 2.36. The molecule has 6 heteroatoms. The third-order valence-electron chi connectivity index (χ3n) is 4.42. The predicted octanol–water partition coefficient (Wildman–Crippen LogP) is 3.76. The SMILES string of the molecule is OCCN(CCO)CCCOc1ccc2c(-c3ccc(F)cc3)csc2c1. The Hall–Kier alpha value is -1.99. The number of benzene rings is 2. The van der Waals surface area contributed by atoms with Crippen LogP contribution in [0.15, 0.2) is 47.8 Å². The second-order valence-corrected chi connectivity index (χ2v) is 7.22. The lowest BCUT2D eigenvalue weighted by atomic mass is 10.0. The zero-order valence-corrected chi connectivity index (χ0v) is 15.9. The van der Waals surface area contributed by atoms with E-state index in [-0.39, 0.29) is 19.0 Å². The minimum Gasteiger partial charge on any atom is -0.493 e. The first-order valence-electron chi connectivity index (χ1n) is 9.05. The van der Waals surface area contributed by atoms with E-state index in [2.05, 4.69) is 5.38 Å². The van der Waals surface area contributed by atoms with E-state index in [9.17, 15) is 4.39 Å². The summed E-state index contributed by atoms with van der Waals surface area (Å²) in [5.74, 6) is 0.594. The quantitative estimate of drug-likeness (QED) is 0.519. The summed E-state index contributed by atoms with van der Waals surface area (Å²) in [6, 6.07) is 12.6. The van der Waals surface area contributed by atoms with E-state index < -0.39 is 0 Å². The van der Waals surface area contributed by atoms with E-state index in [1.807, 2.05) is 23.1 Å². The van der Waals surface area contributed by atoms with Crippen LogP contribution in [0, 0.1) is 5.82 Å². The third kappa shape index (κ3) is 5.26. The molecule has 4 nitrogen and oxygen atoms in total. The zero-order chi connectivity index (χ0) is 19.1. The Bertz CT molecular complexity index is 844. The van der Waals surface area contributed by atoms with Crippen LogP contribution in [0.1, 0.15) is 6.42 Å². The number of nitrogens with zero attached hydrogens (tertiary/aromatic N) is 1. The van der Waals surface area contributed by atoms with Crippen LogP contribution in [0.5, 0.6) is 5.75 Å². The summed E-state index contributed by atoms with van der Waals surface area (Å²) >= 11 is 1.65. The van der Waals surface area contributed by atoms with Crippen LogP contribution in [-0.2, 0) is 0 Å². The molecule has 0 radical (unpaired) electrons. The van der Waals surface area contributed by atoms with Crippen molar-refractivity contribution in [1.29, 1.82) is 0 Å². The van der Waals surface area contributed by atoms with Crippen molar-refractivity contribution in [1.82, 2.24) is 4.90 Å². The second-order valence-electron chi connectivity index (χ2n) is 6.31. The molecule has 0 saturated carbocycles. The molecule has 1 heterocycles. The monoisotopic (exact) mass is 389 g/mol. The lowest BCUT2D eigenvalue weighted by Gasteiger charge is -2.19. The molecule has 144 valence electrons. The average molecular weight is 389 g/mol. The van der Waals surface area contributed by atoms with E-state index in [4.69, 9.17) is 14.9 Å². The largest absolute Gasteiger partial charge is 0.493 e.